The fourth-order valence-electron chi connectivity index (χ4n) is 2.69. The van der Waals surface area contributed by atoms with Crippen molar-refractivity contribution in [1.29, 1.82) is 0 Å². The summed E-state index contributed by atoms with van der Waals surface area (Å²) in [7, 11) is 1.94. The predicted molar refractivity (Wildman–Crippen MR) is 73.3 cm³/mol. The smallest absolute Gasteiger partial charge is 0.172 e. The Kier molecular flexibility index (Phi) is 4.30. The predicted octanol–water partition coefficient (Wildman–Crippen LogP) is 2.77. The van der Waals surface area contributed by atoms with Crippen LogP contribution in [0.1, 0.15) is 25.7 Å². The molecule has 1 N–H and O–H groups in total. The lowest BCUT2D eigenvalue weighted by Gasteiger charge is -2.33. The van der Waals surface area contributed by atoms with E-state index in [2.05, 4.69) is 10.2 Å². The molecule has 0 radical (unpaired) electrons. The summed E-state index contributed by atoms with van der Waals surface area (Å²) < 4.78 is 0. The second kappa shape index (κ2) is 5.59. The van der Waals surface area contributed by atoms with Crippen LogP contribution in [0.25, 0.3) is 0 Å². The van der Waals surface area contributed by atoms with E-state index in [1.807, 2.05) is 11.9 Å². The summed E-state index contributed by atoms with van der Waals surface area (Å²) >= 11 is 12.0. The molecule has 0 unspecified atom stereocenters. The summed E-state index contributed by atoms with van der Waals surface area (Å²) in [6.45, 7) is 0.965. The molecule has 18 heavy (non-hydrogen) atoms. The number of nitrogens with zero attached hydrogens (tertiary/aromatic N) is 3. The van der Waals surface area contributed by atoms with Crippen molar-refractivity contribution in [3.63, 3.8) is 0 Å². The number of rotatable bonds is 4. The first kappa shape index (κ1) is 13.8. The molecule has 4 nitrogen and oxygen atoms in total. The van der Waals surface area contributed by atoms with Crippen LogP contribution in [0, 0.1) is 5.41 Å². The molecule has 100 valence electrons. The highest BCUT2D eigenvalue weighted by molar-refractivity contribution is 6.42. The van der Waals surface area contributed by atoms with Gasteiger partial charge in [-0.15, -0.1) is 5.10 Å². The van der Waals surface area contributed by atoms with Crippen LogP contribution >= 0.6 is 23.2 Å². The van der Waals surface area contributed by atoms with Crippen LogP contribution in [-0.2, 0) is 0 Å². The number of hydrogen-bond donors (Lipinski definition) is 1. The largest absolute Gasteiger partial charge is 0.396 e. The third-order valence-corrected chi connectivity index (χ3v) is 4.45. The molecule has 1 aromatic rings. The lowest BCUT2D eigenvalue weighted by atomic mass is 9.86. The molecule has 1 saturated carbocycles. The van der Waals surface area contributed by atoms with E-state index in [-0.39, 0.29) is 17.2 Å². The van der Waals surface area contributed by atoms with Crippen molar-refractivity contribution in [3.8, 4) is 0 Å². The minimum Gasteiger partial charge on any atom is -0.396 e. The van der Waals surface area contributed by atoms with E-state index in [9.17, 15) is 5.11 Å². The molecular weight excluding hydrogens is 273 g/mol. The van der Waals surface area contributed by atoms with E-state index in [1.54, 1.807) is 6.20 Å². The molecule has 0 aliphatic heterocycles. The second-order valence-corrected chi connectivity index (χ2v) is 5.79. The van der Waals surface area contributed by atoms with Gasteiger partial charge in [-0.05, 0) is 12.8 Å². The van der Waals surface area contributed by atoms with Crippen LogP contribution < -0.4 is 4.90 Å². The van der Waals surface area contributed by atoms with E-state index in [1.165, 1.54) is 12.8 Å². The second-order valence-electron chi connectivity index (χ2n) is 5.06. The van der Waals surface area contributed by atoms with Gasteiger partial charge in [0.05, 0.1) is 18.5 Å². The van der Waals surface area contributed by atoms with Gasteiger partial charge in [-0.25, -0.2) is 0 Å². The number of hydrogen-bond acceptors (Lipinski definition) is 4. The Morgan fingerprint density at radius 1 is 1.39 bits per heavy atom. The molecule has 2 rings (SSSR count). The molecule has 0 bridgehead atoms. The first-order valence-corrected chi connectivity index (χ1v) is 6.82. The highest BCUT2D eigenvalue weighted by Crippen LogP contribution is 2.40. The number of aliphatic hydroxyl groups excluding tert-OH is 1. The van der Waals surface area contributed by atoms with Crippen molar-refractivity contribution in [2.24, 2.45) is 5.41 Å². The molecule has 1 fully saturated rings. The lowest BCUT2D eigenvalue weighted by Crippen LogP contribution is -2.36. The van der Waals surface area contributed by atoms with Crippen LogP contribution in [-0.4, -0.2) is 35.5 Å². The van der Waals surface area contributed by atoms with Crippen LogP contribution in [0.2, 0.25) is 10.2 Å². The maximum atomic E-state index is 9.62. The molecule has 6 heteroatoms. The van der Waals surface area contributed by atoms with E-state index < -0.39 is 0 Å². The first-order valence-electron chi connectivity index (χ1n) is 6.07. The zero-order chi connectivity index (χ0) is 13.2. The van der Waals surface area contributed by atoms with Crippen molar-refractivity contribution in [2.45, 2.75) is 25.7 Å². The molecule has 1 heterocycles. The van der Waals surface area contributed by atoms with E-state index >= 15 is 0 Å². The van der Waals surface area contributed by atoms with E-state index in [0.29, 0.717) is 5.02 Å². The summed E-state index contributed by atoms with van der Waals surface area (Å²) in [5.74, 6) is 0. The molecule has 0 saturated heterocycles. The Morgan fingerprint density at radius 2 is 2.06 bits per heavy atom. The van der Waals surface area contributed by atoms with Crippen molar-refractivity contribution in [2.75, 3.05) is 25.1 Å². The normalized spacial score (nSPS) is 18.0. The maximum absolute atomic E-state index is 9.62. The van der Waals surface area contributed by atoms with Crippen LogP contribution in [0.15, 0.2) is 6.20 Å². The number of anilines is 1. The highest BCUT2D eigenvalue weighted by atomic mass is 35.5. The zero-order valence-corrected chi connectivity index (χ0v) is 11.9. The van der Waals surface area contributed by atoms with Crippen molar-refractivity contribution in [1.82, 2.24) is 10.2 Å². The quantitative estimate of drug-likeness (QED) is 0.926. The van der Waals surface area contributed by atoms with Gasteiger partial charge in [-0.1, -0.05) is 36.0 Å². The Morgan fingerprint density at radius 3 is 2.67 bits per heavy atom. The lowest BCUT2D eigenvalue weighted by molar-refractivity contribution is 0.137. The van der Waals surface area contributed by atoms with Gasteiger partial charge in [0.1, 0.15) is 5.02 Å². The van der Waals surface area contributed by atoms with Crippen LogP contribution in [0.4, 0.5) is 5.69 Å². The molecule has 0 aromatic carbocycles. The average molecular weight is 290 g/mol. The Hall–Kier alpha value is -0.580. The van der Waals surface area contributed by atoms with E-state index in [0.717, 1.165) is 25.1 Å². The highest BCUT2D eigenvalue weighted by Gasteiger charge is 2.34. The number of aromatic nitrogens is 2. The molecule has 1 aromatic heterocycles. The fourth-order valence-corrected chi connectivity index (χ4v) is 3.06. The maximum Gasteiger partial charge on any atom is 0.172 e. The topological polar surface area (TPSA) is 49.2 Å². The molecule has 0 atom stereocenters. The van der Waals surface area contributed by atoms with Gasteiger partial charge in [0.25, 0.3) is 0 Å². The fraction of sp³-hybridized carbons (Fsp3) is 0.667. The zero-order valence-electron chi connectivity index (χ0n) is 10.4. The molecular formula is C12H17Cl2N3O. The minimum atomic E-state index is -0.0200. The average Bonchev–Trinajstić information content (AvgIpc) is 2.81. The van der Waals surface area contributed by atoms with Gasteiger partial charge in [-0.3, -0.25) is 0 Å². The van der Waals surface area contributed by atoms with Gasteiger partial charge >= 0.3 is 0 Å². The van der Waals surface area contributed by atoms with Gasteiger partial charge in [0, 0.05) is 19.0 Å². The Bertz CT molecular complexity index is 422. The van der Waals surface area contributed by atoms with Crippen molar-refractivity contribution >= 4 is 28.9 Å². The number of aliphatic hydroxyl groups is 1. The molecule has 0 spiro atoms. The molecule has 0 amide bonds. The summed E-state index contributed by atoms with van der Waals surface area (Å²) in [6.07, 6.45) is 6.07. The van der Waals surface area contributed by atoms with Crippen molar-refractivity contribution < 1.29 is 5.11 Å². The monoisotopic (exact) mass is 289 g/mol. The molecule has 1 aliphatic rings. The Labute approximate surface area is 117 Å². The Balaban J connectivity index is 2.16. The minimum absolute atomic E-state index is 0.0200. The SMILES string of the molecule is CN(CC1(CO)CCCC1)c1cnnc(Cl)c1Cl. The standard InChI is InChI=1S/C12H17Cl2N3O/c1-17(7-12(8-18)4-2-3-5-12)9-6-15-16-11(14)10(9)13/h6,18H,2-5,7-8H2,1H3. The van der Waals surface area contributed by atoms with Crippen LogP contribution in [0.5, 0.6) is 0 Å². The first-order chi connectivity index (χ1) is 8.58. The van der Waals surface area contributed by atoms with E-state index in [4.69, 9.17) is 23.2 Å². The summed E-state index contributed by atoms with van der Waals surface area (Å²) in [4.78, 5) is 2.00. The van der Waals surface area contributed by atoms with Gasteiger partial charge in [0.15, 0.2) is 5.15 Å². The van der Waals surface area contributed by atoms with Gasteiger partial charge in [0.2, 0.25) is 0 Å². The third-order valence-electron chi connectivity index (χ3n) is 3.72. The summed E-state index contributed by atoms with van der Waals surface area (Å²) in [6, 6.07) is 0. The van der Waals surface area contributed by atoms with Crippen LogP contribution in [0.3, 0.4) is 0 Å². The number of halogens is 2. The van der Waals surface area contributed by atoms with Crippen molar-refractivity contribution in [3.05, 3.63) is 16.4 Å². The third kappa shape index (κ3) is 2.71. The van der Waals surface area contributed by atoms with Gasteiger partial charge in [-0.2, -0.15) is 5.10 Å². The summed E-state index contributed by atoms with van der Waals surface area (Å²) in [5, 5.41) is 17.8. The summed E-state index contributed by atoms with van der Waals surface area (Å²) in [5.41, 5.74) is 0.741. The van der Waals surface area contributed by atoms with Gasteiger partial charge < -0.3 is 10.0 Å². The molecule has 1 aliphatic carbocycles.